The quantitative estimate of drug-likeness (QED) is 0.580. The molecule has 5 nitrogen and oxygen atoms in total. The van der Waals surface area contributed by atoms with Gasteiger partial charge in [0, 0.05) is 30.3 Å². The van der Waals surface area contributed by atoms with E-state index in [4.69, 9.17) is 38.0 Å². The van der Waals surface area contributed by atoms with Crippen molar-refractivity contribution in [2.45, 2.75) is 38.3 Å². The summed E-state index contributed by atoms with van der Waals surface area (Å²) in [4.78, 5) is 2.24. The van der Waals surface area contributed by atoms with Gasteiger partial charge in [0.1, 0.15) is 17.2 Å². The van der Waals surface area contributed by atoms with Gasteiger partial charge < -0.3 is 24.4 Å². The van der Waals surface area contributed by atoms with Crippen molar-refractivity contribution in [3.63, 3.8) is 0 Å². The summed E-state index contributed by atoms with van der Waals surface area (Å²) in [6.45, 7) is 0.650. The van der Waals surface area contributed by atoms with E-state index < -0.39 is 0 Å². The van der Waals surface area contributed by atoms with E-state index in [1.807, 2.05) is 30.3 Å². The zero-order valence-corrected chi connectivity index (χ0v) is 18.6. The highest BCUT2D eigenvalue weighted by molar-refractivity contribution is 7.80. The number of ether oxygens (including phenoxy) is 3. The Morgan fingerprint density at radius 1 is 1.03 bits per heavy atom. The monoisotopic (exact) mass is 434 g/mol. The van der Waals surface area contributed by atoms with Crippen LogP contribution in [0.3, 0.4) is 0 Å². The molecule has 0 unspecified atom stereocenters. The molecule has 2 aromatic carbocycles. The third-order valence-electron chi connectivity index (χ3n) is 5.28. The number of anilines is 1. The molecule has 0 bridgehead atoms. The smallest absolute Gasteiger partial charge is 0.174 e. The van der Waals surface area contributed by atoms with Crippen molar-refractivity contribution in [3.05, 3.63) is 47.0 Å². The number of nitrogens with one attached hydrogen (secondary N) is 1. The van der Waals surface area contributed by atoms with Crippen molar-refractivity contribution >= 4 is 34.6 Å². The van der Waals surface area contributed by atoms with Crippen LogP contribution in [0.2, 0.25) is 5.02 Å². The van der Waals surface area contributed by atoms with Gasteiger partial charge in [-0.05, 0) is 49.3 Å². The lowest BCUT2D eigenvalue weighted by Gasteiger charge is -2.32. The van der Waals surface area contributed by atoms with Gasteiger partial charge in [-0.3, -0.25) is 0 Å². The summed E-state index contributed by atoms with van der Waals surface area (Å²) >= 11 is 12.2. The molecule has 0 atom stereocenters. The van der Waals surface area contributed by atoms with Crippen molar-refractivity contribution in [1.29, 1.82) is 0 Å². The Balaban J connectivity index is 1.83. The van der Waals surface area contributed by atoms with E-state index in [1.54, 1.807) is 27.4 Å². The zero-order valence-electron chi connectivity index (χ0n) is 17.0. The second-order valence-electron chi connectivity index (χ2n) is 7.02. The average Bonchev–Trinajstić information content (AvgIpc) is 3.27. The molecule has 1 aliphatic rings. The van der Waals surface area contributed by atoms with Gasteiger partial charge in [0.15, 0.2) is 5.11 Å². The molecule has 0 aliphatic heterocycles. The van der Waals surface area contributed by atoms with Gasteiger partial charge in [0.25, 0.3) is 0 Å². The molecule has 0 aromatic heterocycles. The first-order valence-corrected chi connectivity index (χ1v) is 10.5. The molecule has 1 saturated carbocycles. The number of nitrogens with zero attached hydrogens (tertiary/aromatic N) is 1. The van der Waals surface area contributed by atoms with Crippen molar-refractivity contribution in [1.82, 2.24) is 4.90 Å². The fourth-order valence-electron chi connectivity index (χ4n) is 3.66. The van der Waals surface area contributed by atoms with Gasteiger partial charge in [-0.15, -0.1) is 0 Å². The number of hydrogen-bond acceptors (Lipinski definition) is 4. The standard InChI is InChI=1S/C22H27ClN2O3S/c1-26-17-10-11-20(19(23)12-17)24-22(29)25(16-6-4-5-7-16)14-15-8-9-18(27-2)13-21(15)28-3/h8-13,16H,4-7,14H2,1-3H3,(H,24,29). The summed E-state index contributed by atoms with van der Waals surface area (Å²) in [5.41, 5.74) is 1.83. The van der Waals surface area contributed by atoms with Crippen LogP contribution in [-0.2, 0) is 6.54 Å². The first-order valence-electron chi connectivity index (χ1n) is 9.67. The van der Waals surface area contributed by atoms with Crippen LogP contribution < -0.4 is 19.5 Å². The minimum atomic E-state index is 0.388. The summed E-state index contributed by atoms with van der Waals surface area (Å²) < 4.78 is 16.1. The highest BCUT2D eigenvalue weighted by atomic mass is 35.5. The van der Waals surface area contributed by atoms with Gasteiger partial charge >= 0.3 is 0 Å². The maximum Gasteiger partial charge on any atom is 0.174 e. The third-order valence-corrected chi connectivity index (χ3v) is 5.93. The molecule has 1 N–H and O–H groups in total. The van der Waals surface area contributed by atoms with Crippen LogP contribution in [0.4, 0.5) is 5.69 Å². The lowest BCUT2D eigenvalue weighted by atomic mass is 10.1. The van der Waals surface area contributed by atoms with E-state index in [1.165, 1.54) is 12.8 Å². The van der Waals surface area contributed by atoms with Gasteiger partial charge in [-0.25, -0.2) is 0 Å². The second kappa shape index (κ2) is 10.0. The largest absolute Gasteiger partial charge is 0.497 e. The van der Waals surface area contributed by atoms with E-state index in [9.17, 15) is 0 Å². The third kappa shape index (κ3) is 5.25. The number of thiocarbonyl (C=S) groups is 1. The molecule has 0 radical (unpaired) electrons. The lowest BCUT2D eigenvalue weighted by Crippen LogP contribution is -2.41. The molecular weight excluding hydrogens is 408 g/mol. The van der Waals surface area contributed by atoms with Crippen LogP contribution in [0, 0.1) is 0 Å². The highest BCUT2D eigenvalue weighted by Gasteiger charge is 2.26. The Bertz CT molecular complexity index is 856. The van der Waals surface area contributed by atoms with Gasteiger partial charge in [-0.1, -0.05) is 24.4 Å². The van der Waals surface area contributed by atoms with E-state index in [-0.39, 0.29) is 0 Å². The SMILES string of the molecule is COc1ccc(NC(=S)N(Cc2ccc(OC)cc2OC)C2CCCC2)c(Cl)c1. The molecule has 29 heavy (non-hydrogen) atoms. The predicted octanol–water partition coefficient (Wildman–Crippen LogP) is 5.51. The minimum Gasteiger partial charge on any atom is -0.497 e. The van der Waals surface area contributed by atoms with Crippen molar-refractivity contribution in [3.8, 4) is 17.2 Å². The molecule has 0 amide bonds. The van der Waals surface area contributed by atoms with Crippen LogP contribution in [0.5, 0.6) is 17.2 Å². The Hall–Kier alpha value is -2.18. The van der Waals surface area contributed by atoms with Gasteiger partial charge in [-0.2, -0.15) is 0 Å². The fourth-order valence-corrected chi connectivity index (χ4v) is 4.20. The minimum absolute atomic E-state index is 0.388. The number of rotatable bonds is 7. The summed E-state index contributed by atoms with van der Waals surface area (Å²) in [6.07, 6.45) is 4.67. The van der Waals surface area contributed by atoms with E-state index >= 15 is 0 Å². The van der Waals surface area contributed by atoms with Crippen LogP contribution in [0.25, 0.3) is 0 Å². The van der Waals surface area contributed by atoms with E-state index in [0.29, 0.717) is 28.5 Å². The molecule has 1 aliphatic carbocycles. The molecule has 7 heteroatoms. The van der Waals surface area contributed by atoms with Crippen molar-refractivity contribution in [2.24, 2.45) is 0 Å². The predicted molar refractivity (Wildman–Crippen MR) is 122 cm³/mol. The number of benzene rings is 2. The summed E-state index contributed by atoms with van der Waals surface area (Å²) in [5.74, 6) is 2.27. The molecular formula is C22H27ClN2O3S. The molecule has 0 heterocycles. The molecule has 2 aromatic rings. The zero-order chi connectivity index (χ0) is 20.8. The van der Waals surface area contributed by atoms with Crippen molar-refractivity contribution < 1.29 is 14.2 Å². The highest BCUT2D eigenvalue weighted by Crippen LogP contribution is 2.32. The van der Waals surface area contributed by atoms with Crippen molar-refractivity contribution in [2.75, 3.05) is 26.6 Å². The maximum absolute atomic E-state index is 6.40. The molecule has 156 valence electrons. The summed E-state index contributed by atoms with van der Waals surface area (Å²) in [6, 6.07) is 11.8. The number of hydrogen-bond donors (Lipinski definition) is 1. The van der Waals surface area contributed by atoms with Crippen LogP contribution in [0.15, 0.2) is 36.4 Å². The van der Waals surface area contributed by atoms with E-state index in [0.717, 1.165) is 35.6 Å². The molecule has 3 rings (SSSR count). The van der Waals surface area contributed by atoms with Gasteiger partial charge in [0.2, 0.25) is 0 Å². The van der Waals surface area contributed by atoms with Crippen LogP contribution >= 0.6 is 23.8 Å². The Morgan fingerprint density at radius 2 is 1.69 bits per heavy atom. The van der Waals surface area contributed by atoms with E-state index in [2.05, 4.69) is 10.2 Å². The normalized spacial score (nSPS) is 13.8. The first kappa shape index (κ1) is 21.5. The van der Waals surface area contributed by atoms with Crippen LogP contribution in [0.1, 0.15) is 31.2 Å². The number of halogens is 1. The average molecular weight is 435 g/mol. The molecule has 0 saturated heterocycles. The first-order chi connectivity index (χ1) is 14.0. The Labute approximate surface area is 182 Å². The topological polar surface area (TPSA) is 43.0 Å². The summed E-state index contributed by atoms with van der Waals surface area (Å²) in [5, 5.41) is 4.55. The summed E-state index contributed by atoms with van der Waals surface area (Å²) in [7, 11) is 4.94. The molecule has 0 spiro atoms. The van der Waals surface area contributed by atoms with Crippen LogP contribution in [-0.4, -0.2) is 37.4 Å². The van der Waals surface area contributed by atoms with Gasteiger partial charge in [0.05, 0.1) is 32.0 Å². The fraction of sp³-hybridized carbons (Fsp3) is 0.409. The Kier molecular flexibility index (Phi) is 7.45. The molecule has 1 fully saturated rings. The Morgan fingerprint density at radius 3 is 2.31 bits per heavy atom. The maximum atomic E-state index is 6.40. The number of methoxy groups -OCH3 is 3. The second-order valence-corrected chi connectivity index (χ2v) is 7.81. The lowest BCUT2D eigenvalue weighted by molar-refractivity contribution is 0.304.